The molecule has 0 spiro atoms. The van der Waals surface area contributed by atoms with Crippen LogP contribution in [-0.4, -0.2) is 50.7 Å². The van der Waals surface area contributed by atoms with E-state index in [1.54, 1.807) is 84.9 Å². The Morgan fingerprint density at radius 1 is 0.951 bits per heavy atom. The van der Waals surface area contributed by atoms with Crippen molar-refractivity contribution in [1.29, 1.82) is 0 Å². The number of para-hydroxylation sites is 2. The standard InChI is InChI=1S/C30H30N2O7S2/c1-2-11-25(27(33)28-31-24-16-9-10-17-26(24)39-28)32-29(34)30(20-40(35)36,18-22-12-5-3-6-13-22)21-41(37,38)19-23-14-7-4-8-15-23/h3-10,12-17,20,25H,2,11,18-19,21H2,1H3,(H,32,34)/t25-,30?/m0/s1. The number of hydrogen-bond donors (Lipinski definition) is 1. The summed E-state index contributed by atoms with van der Waals surface area (Å²) in [5.74, 6) is -2.88. The number of Topliss-reactive ketones (excluding diaryl/α,β-unsaturated/α-hetero) is 1. The van der Waals surface area contributed by atoms with Crippen molar-refractivity contribution in [1.82, 2.24) is 10.3 Å². The number of oxazole rings is 1. The molecule has 2 atom stereocenters. The highest BCUT2D eigenvalue weighted by atomic mass is 32.2. The first-order valence-electron chi connectivity index (χ1n) is 13.0. The lowest BCUT2D eigenvalue weighted by Crippen LogP contribution is -2.53. The van der Waals surface area contributed by atoms with E-state index in [1.807, 2.05) is 6.92 Å². The number of carbonyl (C=O) groups excluding carboxylic acids is 2. The number of sulfone groups is 1. The normalized spacial score (nSPS) is 13.7. The van der Waals surface area contributed by atoms with Gasteiger partial charge in [-0.25, -0.2) is 13.4 Å². The van der Waals surface area contributed by atoms with Crippen molar-refractivity contribution in [2.75, 3.05) is 5.75 Å². The smallest absolute Gasteiger partial charge is 0.266 e. The number of amides is 1. The lowest BCUT2D eigenvalue weighted by Gasteiger charge is -2.30. The van der Waals surface area contributed by atoms with Crippen LogP contribution in [0.15, 0.2) is 89.3 Å². The molecule has 0 saturated carbocycles. The van der Waals surface area contributed by atoms with E-state index < -0.39 is 54.8 Å². The van der Waals surface area contributed by atoms with E-state index in [4.69, 9.17) is 4.42 Å². The molecule has 0 bridgehead atoms. The minimum Gasteiger partial charge on any atom is -0.434 e. The fraction of sp³-hybridized carbons (Fsp3) is 0.267. The van der Waals surface area contributed by atoms with Crippen LogP contribution < -0.4 is 5.32 Å². The molecule has 4 rings (SSSR count). The Morgan fingerprint density at radius 2 is 1.56 bits per heavy atom. The number of nitrogens with one attached hydrogen (secondary N) is 1. The van der Waals surface area contributed by atoms with Crippen LogP contribution >= 0.6 is 0 Å². The zero-order valence-corrected chi connectivity index (χ0v) is 24.0. The quantitative estimate of drug-likeness (QED) is 0.182. The van der Waals surface area contributed by atoms with Gasteiger partial charge in [0.2, 0.25) is 22.0 Å². The third-order valence-corrected chi connectivity index (χ3v) is 8.92. The first-order valence-corrected chi connectivity index (χ1v) is 16.0. The van der Waals surface area contributed by atoms with Crippen LogP contribution in [0.2, 0.25) is 0 Å². The Balaban J connectivity index is 1.73. The predicted octanol–water partition coefficient (Wildman–Crippen LogP) is 3.82. The van der Waals surface area contributed by atoms with Gasteiger partial charge in [-0.1, -0.05) is 86.1 Å². The lowest BCUT2D eigenvalue weighted by molar-refractivity contribution is -0.127. The van der Waals surface area contributed by atoms with E-state index in [0.717, 1.165) is 5.37 Å². The molecular weight excluding hydrogens is 564 g/mol. The van der Waals surface area contributed by atoms with E-state index in [9.17, 15) is 26.4 Å². The number of ketones is 1. The molecule has 9 nitrogen and oxygen atoms in total. The van der Waals surface area contributed by atoms with Crippen molar-refractivity contribution < 1.29 is 30.8 Å². The molecule has 1 N–H and O–H groups in total. The molecule has 41 heavy (non-hydrogen) atoms. The Kier molecular flexibility index (Phi) is 9.51. The summed E-state index contributed by atoms with van der Waals surface area (Å²) in [6.45, 7) is 1.82. The molecule has 0 radical (unpaired) electrons. The second kappa shape index (κ2) is 13.0. The zero-order chi connectivity index (χ0) is 29.5. The van der Waals surface area contributed by atoms with Crippen LogP contribution in [0.25, 0.3) is 11.1 Å². The van der Waals surface area contributed by atoms with Gasteiger partial charge in [0, 0.05) is 0 Å². The number of rotatable bonds is 13. The SMILES string of the molecule is CCC[C@H](NC(=O)C(C=S(=O)=O)(Cc1ccccc1)CS(=O)(=O)Cc1ccccc1)C(=O)c1nc2ccccc2o1. The lowest BCUT2D eigenvalue weighted by atomic mass is 9.83. The number of carbonyl (C=O) groups is 2. The summed E-state index contributed by atoms with van der Waals surface area (Å²) >= 11 is 0. The van der Waals surface area contributed by atoms with Crippen molar-refractivity contribution in [2.24, 2.45) is 5.41 Å². The molecule has 0 saturated heterocycles. The summed E-state index contributed by atoms with van der Waals surface area (Å²) in [5, 5.41) is 3.38. The first-order chi connectivity index (χ1) is 19.6. The summed E-state index contributed by atoms with van der Waals surface area (Å²) < 4.78 is 56.7. The summed E-state index contributed by atoms with van der Waals surface area (Å²) in [4.78, 5) is 31.7. The predicted molar refractivity (Wildman–Crippen MR) is 157 cm³/mol. The van der Waals surface area contributed by atoms with Crippen molar-refractivity contribution in [3.8, 4) is 0 Å². The highest BCUT2D eigenvalue weighted by molar-refractivity contribution is 7.90. The van der Waals surface area contributed by atoms with E-state index in [-0.39, 0.29) is 18.7 Å². The molecule has 1 unspecified atom stereocenters. The monoisotopic (exact) mass is 594 g/mol. The first kappa shape index (κ1) is 29.9. The molecule has 0 aliphatic heterocycles. The number of aromatic nitrogens is 1. The fourth-order valence-corrected chi connectivity index (χ4v) is 7.38. The van der Waals surface area contributed by atoms with Crippen LogP contribution in [0.5, 0.6) is 0 Å². The van der Waals surface area contributed by atoms with Gasteiger partial charge in [0.15, 0.2) is 15.4 Å². The number of hydrogen-bond acceptors (Lipinski definition) is 8. The summed E-state index contributed by atoms with van der Waals surface area (Å²) in [6.07, 6.45) is 0.464. The van der Waals surface area contributed by atoms with Gasteiger partial charge in [0.05, 0.1) is 28.3 Å². The number of nitrogens with zero attached hydrogens (tertiary/aromatic N) is 1. The van der Waals surface area contributed by atoms with E-state index in [2.05, 4.69) is 10.3 Å². The van der Waals surface area contributed by atoms with E-state index >= 15 is 0 Å². The largest absolute Gasteiger partial charge is 0.434 e. The second-order valence-electron chi connectivity index (χ2n) is 9.88. The molecule has 0 aliphatic rings. The highest BCUT2D eigenvalue weighted by Crippen LogP contribution is 2.27. The number of benzene rings is 3. The van der Waals surface area contributed by atoms with Gasteiger partial charge < -0.3 is 9.73 Å². The van der Waals surface area contributed by atoms with E-state index in [1.165, 1.54) is 0 Å². The maximum absolute atomic E-state index is 14.0. The molecule has 3 aromatic carbocycles. The van der Waals surface area contributed by atoms with Crippen LogP contribution in [0.3, 0.4) is 0 Å². The summed E-state index contributed by atoms with van der Waals surface area (Å²) in [6, 6.07) is 22.7. The Hall–Kier alpha value is -4.09. The Labute approximate surface area is 240 Å². The maximum Gasteiger partial charge on any atom is 0.266 e. The summed E-state index contributed by atoms with van der Waals surface area (Å²) in [7, 11) is -6.92. The van der Waals surface area contributed by atoms with Crippen LogP contribution in [0.4, 0.5) is 0 Å². The zero-order valence-electron chi connectivity index (χ0n) is 22.4. The molecule has 214 valence electrons. The van der Waals surface area contributed by atoms with Gasteiger partial charge in [-0.05, 0) is 36.1 Å². The minimum absolute atomic E-state index is 0.196. The molecule has 4 aromatic rings. The topological polar surface area (TPSA) is 140 Å². The number of fused-ring (bicyclic) bond motifs is 1. The molecule has 0 fully saturated rings. The van der Waals surface area contributed by atoms with Gasteiger partial charge in [-0.3, -0.25) is 9.59 Å². The van der Waals surface area contributed by atoms with E-state index in [0.29, 0.717) is 28.6 Å². The molecule has 11 heteroatoms. The molecule has 1 amide bonds. The average molecular weight is 595 g/mol. The van der Waals surface area contributed by atoms with Gasteiger partial charge in [0.25, 0.3) is 5.89 Å². The fourth-order valence-electron chi connectivity index (χ4n) is 4.73. The summed E-state index contributed by atoms with van der Waals surface area (Å²) in [5.41, 5.74) is -0.109. The molecule has 1 heterocycles. The van der Waals surface area contributed by atoms with Gasteiger partial charge in [-0.15, -0.1) is 0 Å². The average Bonchev–Trinajstić information content (AvgIpc) is 3.37. The third kappa shape index (κ3) is 7.77. The van der Waals surface area contributed by atoms with Crippen molar-refractivity contribution in [2.45, 2.75) is 38.0 Å². The molecule has 1 aromatic heterocycles. The molecular formula is C30H30N2O7S2. The second-order valence-corrected chi connectivity index (χ2v) is 12.7. The van der Waals surface area contributed by atoms with Crippen molar-refractivity contribution in [3.05, 3.63) is 102 Å². The Morgan fingerprint density at radius 3 is 2.17 bits per heavy atom. The highest BCUT2D eigenvalue weighted by Gasteiger charge is 2.43. The van der Waals surface area contributed by atoms with Gasteiger partial charge in [-0.2, -0.15) is 8.42 Å². The van der Waals surface area contributed by atoms with Crippen LogP contribution in [-0.2, 0) is 37.1 Å². The van der Waals surface area contributed by atoms with Crippen LogP contribution in [0.1, 0.15) is 41.6 Å². The Bertz CT molecular complexity index is 1730. The van der Waals surface area contributed by atoms with Gasteiger partial charge in [0.1, 0.15) is 5.52 Å². The van der Waals surface area contributed by atoms with Crippen molar-refractivity contribution >= 4 is 48.3 Å². The maximum atomic E-state index is 14.0. The van der Waals surface area contributed by atoms with Crippen LogP contribution in [0, 0.1) is 5.41 Å². The third-order valence-electron chi connectivity index (χ3n) is 6.55. The molecule has 0 aliphatic carbocycles. The van der Waals surface area contributed by atoms with Gasteiger partial charge >= 0.3 is 0 Å². The van der Waals surface area contributed by atoms with Crippen molar-refractivity contribution in [3.63, 3.8) is 0 Å². The minimum atomic E-state index is -4.02.